The van der Waals surface area contributed by atoms with E-state index in [0.29, 0.717) is 11.3 Å². The highest BCUT2D eigenvalue weighted by molar-refractivity contribution is 6.14. The zero-order valence-corrected chi connectivity index (χ0v) is 17.0. The molecule has 0 aromatic heterocycles. The number of ketones is 1. The summed E-state index contributed by atoms with van der Waals surface area (Å²) in [6, 6.07) is 21.9. The van der Waals surface area contributed by atoms with Crippen LogP contribution in [0.15, 0.2) is 78.9 Å². The van der Waals surface area contributed by atoms with Gasteiger partial charge in [0.1, 0.15) is 5.82 Å². The maximum Gasteiger partial charge on any atom is 0.339 e. The molecule has 0 saturated carbocycles. The van der Waals surface area contributed by atoms with E-state index in [-0.39, 0.29) is 29.9 Å². The number of hydrogen-bond acceptors (Lipinski definition) is 5. The van der Waals surface area contributed by atoms with Gasteiger partial charge < -0.3 is 9.64 Å². The number of rotatable bonds is 8. The SMILES string of the molecule is N#CCCN(C(=O)COC(=O)c1ccccc1C(=O)c1ccccc1)c1ccc(F)cc1. The Kier molecular flexibility index (Phi) is 7.44. The molecule has 0 aliphatic heterocycles. The van der Waals surface area contributed by atoms with Gasteiger partial charge in [-0.2, -0.15) is 5.26 Å². The second-order valence-electron chi connectivity index (χ2n) is 6.75. The largest absolute Gasteiger partial charge is 0.452 e. The summed E-state index contributed by atoms with van der Waals surface area (Å²) in [5.41, 5.74) is 1.00. The molecule has 0 N–H and O–H groups in total. The topological polar surface area (TPSA) is 87.5 Å². The summed E-state index contributed by atoms with van der Waals surface area (Å²) >= 11 is 0. The Balaban J connectivity index is 1.74. The fourth-order valence-corrected chi connectivity index (χ4v) is 3.07. The average Bonchev–Trinajstić information content (AvgIpc) is 2.84. The van der Waals surface area contributed by atoms with Crippen LogP contribution in [0.25, 0.3) is 0 Å². The van der Waals surface area contributed by atoms with Gasteiger partial charge in [-0.05, 0) is 30.3 Å². The third-order valence-corrected chi connectivity index (χ3v) is 4.64. The third kappa shape index (κ3) is 5.43. The highest BCUT2D eigenvalue weighted by atomic mass is 19.1. The summed E-state index contributed by atoms with van der Waals surface area (Å²) in [6.07, 6.45) is 0.0471. The van der Waals surface area contributed by atoms with Gasteiger partial charge in [0.15, 0.2) is 12.4 Å². The molecule has 7 heteroatoms. The van der Waals surface area contributed by atoms with Crippen molar-refractivity contribution >= 4 is 23.3 Å². The summed E-state index contributed by atoms with van der Waals surface area (Å²) in [6.45, 7) is -0.545. The van der Waals surface area contributed by atoms with E-state index in [1.807, 2.05) is 6.07 Å². The van der Waals surface area contributed by atoms with Crippen LogP contribution in [0.5, 0.6) is 0 Å². The molecule has 0 bridgehead atoms. The molecule has 0 aliphatic rings. The molecule has 0 aliphatic carbocycles. The highest BCUT2D eigenvalue weighted by Gasteiger charge is 2.22. The van der Waals surface area contributed by atoms with E-state index in [2.05, 4.69) is 0 Å². The van der Waals surface area contributed by atoms with Gasteiger partial charge in [-0.3, -0.25) is 9.59 Å². The molecule has 3 rings (SSSR count). The minimum Gasteiger partial charge on any atom is -0.452 e. The molecular weight excluding hydrogens is 411 g/mol. The summed E-state index contributed by atoms with van der Waals surface area (Å²) in [5, 5.41) is 8.87. The molecule has 3 aromatic carbocycles. The van der Waals surface area contributed by atoms with Crippen LogP contribution in [-0.2, 0) is 9.53 Å². The van der Waals surface area contributed by atoms with Gasteiger partial charge in [0, 0.05) is 23.4 Å². The number of hydrogen-bond donors (Lipinski definition) is 0. The molecule has 0 unspecified atom stereocenters. The molecule has 0 saturated heterocycles. The van der Waals surface area contributed by atoms with E-state index >= 15 is 0 Å². The number of halogens is 1. The Hall–Kier alpha value is -4.31. The van der Waals surface area contributed by atoms with Crippen LogP contribution in [0.4, 0.5) is 10.1 Å². The van der Waals surface area contributed by atoms with Crippen molar-refractivity contribution < 1.29 is 23.5 Å². The number of ether oxygens (including phenoxy) is 1. The van der Waals surface area contributed by atoms with Crippen molar-refractivity contribution in [2.45, 2.75) is 6.42 Å². The maximum atomic E-state index is 13.2. The number of amides is 1. The summed E-state index contributed by atoms with van der Waals surface area (Å²) < 4.78 is 18.4. The predicted molar refractivity (Wildman–Crippen MR) is 116 cm³/mol. The van der Waals surface area contributed by atoms with Crippen LogP contribution in [0.3, 0.4) is 0 Å². The quantitative estimate of drug-likeness (QED) is 0.396. The van der Waals surface area contributed by atoms with Crippen molar-refractivity contribution in [3.05, 3.63) is 101 Å². The van der Waals surface area contributed by atoms with Crippen LogP contribution >= 0.6 is 0 Å². The average molecular weight is 430 g/mol. The Morgan fingerprint density at radius 1 is 0.875 bits per heavy atom. The van der Waals surface area contributed by atoms with E-state index in [1.54, 1.807) is 42.5 Å². The standard InChI is InChI=1S/C25H19FN2O4/c26-19-11-13-20(14-12-19)28(16-6-15-27)23(29)17-32-25(31)22-10-5-4-9-21(22)24(30)18-7-2-1-3-8-18/h1-5,7-14H,6,16-17H2. The Labute approximate surface area is 184 Å². The van der Waals surface area contributed by atoms with E-state index < -0.39 is 24.3 Å². The molecule has 6 nitrogen and oxygen atoms in total. The van der Waals surface area contributed by atoms with Crippen molar-refractivity contribution in [3.8, 4) is 6.07 Å². The Morgan fingerprint density at radius 2 is 1.50 bits per heavy atom. The zero-order chi connectivity index (χ0) is 22.9. The minimum atomic E-state index is -0.822. The number of benzene rings is 3. The highest BCUT2D eigenvalue weighted by Crippen LogP contribution is 2.18. The lowest BCUT2D eigenvalue weighted by atomic mass is 9.98. The summed E-state index contributed by atoms with van der Waals surface area (Å²) in [4.78, 5) is 39.4. The van der Waals surface area contributed by atoms with Gasteiger partial charge in [-0.25, -0.2) is 9.18 Å². The third-order valence-electron chi connectivity index (χ3n) is 4.64. The summed E-state index contributed by atoms with van der Waals surface area (Å²) in [7, 11) is 0. The van der Waals surface area contributed by atoms with E-state index in [4.69, 9.17) is 10.00 Å². The van der Waals surface area contributed by atoms with E-state index in [0.717, 1.165) is 0 Å². The van der Waals surface area contributed by atoms with Crippen molar-refractivity contribution in [2.24, 2.45) is 0 Å². The fourth-order valence-electron chi connectivity index (χ4n) is 3.07. The monoisotopic (exact) mass is 430 g/mol. The van der Waals surface area contributed by atoms with Crippen LogP contribution < -0.4 is 4.90 Å². The van der Waals surface area contributed by atoms with Gasteiger partial charge in [0.25, 0.3) is 5.91 Å². The lowest BCUT2D eigenvalue weighted by Gasteiger charge is -2.21. The number of anilines is 1. The van der Waals surface area contributed by atoms with Crippen LogP contribution in [0.1, 0.15) is 32.7 Å². The molecule has 0 heterocycles. The first-order chi connectivity index (χ1) is 15.5. The maximum absolute atomic E-state index is 13.2. The number of carbonyl (C=O) groups excluding carboxylic acids is 3. The van der Waals surface area contributed by atoms with Gasteiger partial charge >= 0.3 is 5.97 Å². The van der Waals surface area contributed by atoms with Crippen molar-refractivity contribution in [1.29, 1.82) is 5.26 Å². The Bertz CT molecular complexity index is 1150. The molecule has 1 amide bonds. The molecule has 0 fully saturated rings. The van der Waals surface area contributed by atoms with Crippen LogP contribution in [-0.4, -0.2) is 30.8 Å². The van der Waals surface area contributed by atoms with Gasteiger partial charge in [0.05, 0.1) is 18.1 Å². The lowest BCUT2D eigenvalue weighted by Crippen LogP contribution is -2.35. The second-order valence-corrected chi connectivity index (χ2v) is 6.75. The first kappa shape index (κ1) is 22.4. The number of esters is 1. The normalized spacial score (nSPS) is 10.1. The molecule has 3 aromatic rings. The number of nitriles is 1. The summed E-state index contributed by atoms with van der Waals surface area (Å²) in [5.74, 6) is -2.20. The van der Waals surface area contributed by atoms with E-state index in [1.165, 1.54) is 41.3 Å². The molecule has 32 heavy (non-hydrogen) atoms. The van der Waals surface area contributed by atoms with E-state index in [9.17, 15) is 18.8 Å². The molecule has 0 spiro atoms. The van der Waals surface area contributed by atoms with Crippen LogP contribution in [0.2, 0.25) is 0 Å². The fraction of sp³-hybridized carbons (Fsp3) is 0.120. The predicted octanol–water partition coefficient (Wildman–Crippen LogP) is 4.16. The van der Waals surface area contributed by atoms with Gasteiger partial charge in [-0.15, -0.1) is 0 Å². The lowest BCUT2D eigenvalue weighted by molar-refractivity contribution is -0.121. The Morgan fingerprint density at radius 3 is 2.16 bits per heavy atom. The van der Waals surface area contributed by atoms with Crippen molar-refractivity contribution in [1.82, 2.24) is 0 Å². The van der Waals surface area contributed by atoms with Crippen molar-refractivity contribution in [2.75, 3.05) is 18.1 Å². The molecular formula is C25H19FN2O4. The van der Waals surface area contributed by atoms with Gasteiger partial charge in [0.2, 0.25) is 0 Å². The van der Waals surface area contributed by atoms with Crippen molar-refractivity contribution in [3.63, 3.8) is 0 Å². The first-order valence-electron chi connectivity index (χ1n) is 9.80. The minimum absolute atomic E-state index is 0.0412. The van der Waals surface area contributed by atoms with Gasteiger partial charge in [-0.1, -0.05) is 48.5 Å². The number of nitrogens with zero attached hydrogens (tertiary/aromatic N) is 2. The smallest absolute Gasteiger partial charge is 0.339 e. The molecule has 0 radical (unpaired) electrons. The second kappa shape index (κ2) is 10.6. The zero-order valence-electron chi connectivity index (χ0n) is 17.0. The first-order valence-corrected chi connectivity index (χ1v) is 9.80. The molecule has 160 valence electrons. The number of carbonyl (C=O) groups is 3. The van der Waals surface area contributed by atoms with Crippen LogP contribution in [0, 0.1) is 17.1 Å². The molecule has 0 atom stereocenters.